The fourth-order valence-corrected chi connectivity index (χ4v) is 2.58. The first kappa shape index (κ1) is 12.4. The van der Waals surface area contributed by atoms with Crippen LogP contribution in [0.4, 0.5) is 0 Å². The van der Waals surface area contributed by atoms with Crippen LogP contribution in [0.1, 0.15) is 50.8 Å². The molecule has 1 heterocycles. The van der Waals surface area contributed by atoms with Crippen molar-refractivity contribution in [2.45, 2.75) is 52.2 Å². The summed E-state index contributed by atoms with van der Waals surface area (Å²) >= 11 is 0. The molecule has 0 aromatic heterocycles. The molecule has 0 spiro atoms. The summed E-state index contributed by atoms with van der Waals surface area (Å²) in [6.07, 6.45) is 3.79. The largest absolute Gasteiger partial charge is 0.490 e. The molecule has 0 amide bonds. The maximum absolute atomic E-state index is 5.74. The van der Waals surface area contributed by atoms with Crippen LogP contribution in [-0.4, -0.2) is 12.6 Å². The molecular formula is C15H23NO. The van der Waals surface area contributed by atoms with Gasteiger partial charge in [-0.3, -0.25) is 0 Å². The fraction of sp³-hybridized carbons (Fsp3) is 0.600. The van der Waals surface area contributed by atoms with Crippen molar-refractivity contribution in [2.24, 2.45) is 0 Å². The van der Waals surface area contributed by atoms with Crippen molar-refractivity contribution >= 4 is 0 Å². The summed E-state index contributed by atoms with van der Waals surface area (Å²) in [5.41, 5.74) is 2.78. The number of ether oxygens (including phenoxy) is 1. The van der Waals surface area contributed by atoms with E-state index in [0.717, 1.165) is 18.7 Å². The number of benzene rings is 1. The van der Waals surface area contributed by atoms with Crippen LogP contribution >= 0.6 is 0 Å². The van der Waals surface area contributed by atoms with Gasteiger partial charge >= 0.3 is 0 Å². The van der Waals surface area contributed by atoms with Crippen LogP contribution < -0.4 is 10.1 Å². The molecule has 2 atom stereocenters. The Morgan fingerprint density at radius 1 is 1.41 bits per heavy atom. The van der Waals surface area contributed by atoms with Crippen LogP contribution in [0.25, 0.3) is 0 Å². The number of hydrogen-bond acceptors (Lipinski definition) is 2. The normalized spacial score (nSPS) is 19.8. The molecule has 2 rings (SSSR count). The Balaban J connectivity index is 2.18. The monoisotopic (exact) mass is 233 g/mol. The minimum Gasteiger partial charge on any atom is -0.490 e. The van der Waals surface area contributed by atoms with E-state index in [-0.39, 0.29) is 0 Å². The van der Waals surface area contributed by atoms with Crippen molar-refractivity contribution in [1.29, 1.82) is 0 Å². The van der Waals surface area contributed by atoms with Gasteiger partial charge in [0.2, 0.25) is 0 Å². The van der Waals surface area contributed by atoms with Gasteiger partial charge in [0.25, 0.3) is 0 Å². The van der Waals surface area contributed by atoms with E-state index in [1.807, 2.05) is 0 Å². The summed E-state index contributed by atoms with van der Waals surface area (Å²) in [5, 5.41) is 3.56. The minimum absolute atomic E-state index is 0.337. The molecule has 1 aromatic carbocycles. The standard InChI is InChI=1S/C15H23NO/c1-4-6-14(16-5-2)12-7-8-15-13(10-12)9-11(3)17-15/h7-8,10-11,14,16H,4-6,9H2,1-3H3. The van der Waals surface area contributed by atoms with Gasteiger partial charge in [0, 0.05) is 12.5 Å². The molecule has 1 aliphatic heterocycles. The molecule has 94 valence electrons. The van der Waals surface area contributed by atoms with Crippen molar-refractivity contribution in [2.75, 3.05) is 6.54 Å². The molecule has 0 radical (unpaired) electrons. The summed E-state index contributed by atoms with van der Waals surface area (Å²) in [7, 11) is 0. The van der Waals surface area contributed by atoms with Crippen molar-refractivity contribution in [3.63, 3.8) is 0 Å². The molecule has 0 saturated carbocycles. The van der Waals surface area contributed by atoms with Gasteiger partial charge in [0.05, 0.1) is 0 Å². The summed E-state index contributed by atoms with van der Waals surface area (Å²) in [5.74, 6) is 1.08. The van der Waals surface area contributed by atoms with Crippen molar-refractivity contribution < 1.29 is 4.74 Å². The first-order valence-electron chi connectivity index (χ1n) is 6.77. The summed E-state index contributed by atoms with van der Waals surface area (Å²) in [6, 6.07) is 7.15. The molecule has 1 aromatic rings. The van der Waals surface area contributed by atoms with Gasteiger partial charge in [-0.15, -0.1) is 0 Å². The topological polar surface area (TPSA) is 21.3 Å². The number of rotatable bonds is 5. The molecule has 0 aliphatic carbocycles. The minimum atomic E-state index is 0.337. The van der Waals surface area contributed by atoms with Gasteiger partial charge in [-0.25, -0.2) is 0 Å². The molecule has 2 nitrogen and oxygen atoms in total. The lowest BCUT2D eigenvalue weighted by molar-refractivity contribution is 0.254. The van der Waals surface area contributed by atoms with E-state index in [2.05, 4.69) is 44.3 Å². The van der Waals surface area contributed by atoms with Crippen LogP contribution in [0.15, 0.2) is 18.2 Å². The zero-order valence-electron chi connectivity index (χ0n) is 11.1. The zero-order chi connectivity index (χ0) is 12.3. The van der Waals surface area contributed by atoms with Crippen LogP contribution in [0, 0.1) is 0 Å². The Morgan fingerprint density at radius 2 is 2.24 bits per heavy atom. The van der Waals surface area contributed by atoms with Crippen LogP contribution in [0.3, 0.4) is 0 Å². The first-order valence-corrected chi connectivity index (χ1v) is 6.77. The lowest BCUT2D eigenvalue weighted by Crippen LogP contribution is -2.20. The quantitative estimate of drug-likeness (QED) is 0.841. The number of hydrogen-bond donors (Lipinski definition) is 1. The third-order valence-electron chi connectivity index (χ3n) is 3.35. The van der Waals surface area contributed by atoms with Gasteiger partial charge in [-0.1, -0.05) is 32.4 Å². The van der Waals surface area contributed by atoms with E-state index in [9.17, 15) is 0 Å². The molecule has 1 N–H and O–H groups in total. The molecule has 2 unspecified atom stereocenters. The molecule has 1 aliphatic rings. The molecule has 17 heavy (non-hydrogen) atoms. The van der Waals surface area contributed by atoms with E-state index < -0.39 is 0 Å². The fourth-order valence-electron chi connectivity index (χ4n) is 2.58. The Morgan fingerprint density at radius 3 is 2.94 bits per heavy atom. The maximum Gasteiger partial charge on any atom is 0.123 e. The van der Waals surface area contributed by atoms with Gasteiger partial charge in [0.1, 0.15) is 11.9 Å². The van der Waals surface area contributed by atoms with Gasteiger partial charge in [0.15, 0.2) is 0 Å². The molecular weight excluding hydrogens is 210 g/mol. The van der Waals surface area contributed by atoms with Gasteiger partial charge in [-0.05, 0) is 37.1 Å². The van der Waals surface area contributed by atoms with E-state index in [1.165, 1.54) is 24.0 Å². The summed E-state index contributed by atoms with van der Waals surface area (Å²) < 4.78 is 5.74. The summed E-state index contributed by atoms with van der Waals surface area (Å²) in [4.78, 5) is 0. The predicted molar refractivity (Wildman–Crippen MR) is 71.6 cm³/mol. The van der Waals surface area contributed by atoms with Crippen molar-refractivity contribution in [1.82, 2.24) is 5.32 Å². The Bertz CT molecular complexity index is 369. The summed E-state index contributed by atoms with van der Waals surface area (Å²) in [6.45, 7) is 7.56. The maximum atomic E-state index is 5.74. The Hall–Kier alpha value is -1.02. The first-order chi connectivity index (χ1) is 8.24. The molecule has 0 saturated heterocycles. The number of fused-ring (bicyclic) bond motifs is 1. The van der Waals surface area contributed by atoms with E-state index >= 15 is 0 Å². The third kappa shape index (κ3) is 2.81. The van der Waals surface area contributed by atoms with E-state index in [4.69, 9.17) is 4.74 Å². The Labute approximate surface area is 104 Å². The SMILES string of the molecule is CCCC(NCC)c1ccc2c(c1)CC(C)O2. The van der Waals surface area contributed by atoms with Crippen LogP contribution in [-0.2, 0) is 6.42 Å². The predicted octanol–water partition coefficient (Wildman–Crippen LogP) is 3.46. The lowest BCUT2D eigenvalue weighted by Gasteiger charge is -2.18. The molecule has 2 heteroatoms. The highest BCUT2D eigenvalue weighted by atomic mass is 16.5. The average Bonchev–Trinajstić information content (AvgIpc) is 2.67. The Kier molecular flexibility index (Phi) is 4.06. The smallest absolute Gasteiger partial charge is 0.123 e. The average molecular weight is 233 g/mol. The van der Waals surface area contributed by atoms with E-state index in [0.29, 0.717) is 12.1 Å². The highest BCUT2D eigenvalue weighted by Gasteiger charge is 2.20. The lowest BCUT2D eigenvalue weighted by atomic mass is 9.98. The van der Waals surface area contributed by atoms with Crippen molar-refractivity contribution in [3.8, 4) is 5.75 Å². The second-order valence-electron chi connectivity index (χ2n) is 4.90. The van der Waals surface area contributed by atoms with Crippen LogP contribution in [0.5, 0.6) is 5.75 Å². The highest BCUT2D eigenvalue weighted by molar-refractivity contribution is 5.41. The van der Waals surface area contributed by atoms with Crippen molar-refractivity contribution in [3.05, 3.63) is 29.3 Å². The van der Waals surface area contributed by atoms with Crippen LogP contribution in [0.2, 0.25) is 0 Å². The second-order valence-corrected chi connectivity index (χ2v) is 4.90. The third-order valence-corrected chi connectivity index (χ3v) is 3.35. The molecule has 0 bridgehead atoms. The highest BCUT2D eigenvalue weighted by Crippen LogP contribution is 2.31. The molecule has 0 fully saturated rings. The van der Waals surface area contributed by atoms with Gasteiger partial charge in [-0.2, -0.15) is 0 Å². The zero-order valence-corrected chi connectivity index (χ0v) is 11.1. The second kappa shape index (κ2) is 5.54. The van der Waals surface area contributed by atoms with Gasteiger partial charge < -0.3 is 10.1 Å². The van der Waals surface area contributed by atoms with E-state index in [1.54, 1.807) is 0 Å². The number of nitrogens with one attached hydrogen (secondary N) is 1.